The zero-order valence-electron chi connectivity index (χ0n) is 19.2. The Balaban J connectivity index is 2.28. The Morgan fingerprint density at radius 1 is 0.938 bits per heavy atom. The molecule has 7 heteroatoms. The summed E-state index contributed by atoms with van der Waals surface area (Å²) in [5, 5.41) is 2.69. The molecule has 0 aliphatic rings. The summed E-state index contributed by atoms with van der Waals surface area (Å²) in [6.45, 7) is 7.18. The van der Waals surface area contributed by atoms with Crippen LogP contribution in [0.25, 0.3) is 0 Å². The number of alkyl carbamates (subject to hydrolysis) is 1. The second-order valence-corrected chi connectivity index (χ2v) is 8.37. The summed E-state index contributed by atoms with van der Waals surface area (Å²) < 4.78 is 10.4. The van der Waals surface area contributed by atoms with Crippen molar-refractivity contribution < 1.29 is 23.9 Å². The van der Waals surface area contributed by atoms with Gasteiger partial charge < -0.3 is 19.7 Å². The summed E-state index contributed by atoms with van der Waals surface area (Å²) in [5.74, 6) is -0.899. The fraction of sp³-hybridized carbons (Fsp3) is 0.400. The maximum Gasteiger partial charge on any atom is 0.408 e. The lowest BCUT2D eigenvalue weighted by molar-refractivity contribution is -0.150. The number of nitrogens with one attached hydrogen (secondary N) is 1. The third-order valence-corrected chi connectivity index (χ3v) is 4.42. The summed E-state index contributed by atoms with van der Waals surface area (Å²) in [6.07, 6.45) is -0.435. The molecule has 2 aromatic carbocycles. The topological polar surface area (TPSA) is 84.9 Å². The van der Waals surface area contributed by atoms with Crippen LogP contribution in [0.2, 0.25) is 0 Å². The number of ether oxygens (including phenoxy) is 2. The van der Waals surface area contributed by atoms with E-state index in [1.807, 2.05) is 60.7 Å². The molecule has 0 aliphatic heterocycles. The van der Waals surface area contributed by atoms with E-state index in [0.29, 0.717) is 0 Å². The molecular formula is C25H32N2O5. The molecule has 0 aromatic heterocycles. The Morgan fingerprint density at radius 2 is 1.50 bits per heavy atom. The Morgan fingerprint density at radius 3 is 2.03 bits per heavy atom. The number of benzene rings is 2. The van der Waals surface area contributed by atoms with Gasteiger partial charge in [0, 0.05) is 13.0 Å². The Labute approximate surface area is 189 Å². The van der Waals surface area contributed by atoms with Crippen molar-refractivity contribution in [1.82, 2.24) is 10.2 Å². The minimum absolute atomic E-state index is 0.208. The Bertz CT molecular complexity index is 878. The van der Waals surface area contributed by atoms with E-state index in [9.17, 15) is 14.4 Å². The third kappa shape index (κ3) is 8.79. The molecule has 0 saturated heterocycles. The van der Waals surface area contributed by atoms with E-state index in [2.05, 4.69) is 5.32 Å². The molecule has 0 heterocycles. The number of hydrogen-bond donors (Lipinski definition) is 1. The van der Waals surface area contributed by atoms with Crippen molar-refractivity contribution in [2.24, 2.45) is 0 Å². The second-order valence-electron chi connectivity index (χ2n) is 8.37. The monoisotopic (exact) mass is 440 g/mol. The van der Waals surface area contributed by atoms with Crippen molar-refractivity contribution >= 4 is 18.0 Å². The van der Waals surface area contributed by atoms with Gasteiger partial charge in [-0.25, -0.2) is 4.79 Å². The summed E-state index contributed by atoms with van der Waals surface area (Å²) >= 11 is 0. The summed E-state index contributed by atoms with van der Waals surface area (Å²) in [6, 6.07) is 17.8. The quantitative estimate of drug-likeness (QED) is 0.601. The molecule has 0 spiro atoms. The highest BCUT2D eigenvalue weighted by Gasteiger charge is 2.30. The summed E-state index contributed by atoms with van der Waals surface area (Å²) in [4.78, 5) is 39.6. The third-order valence-electron chi connectivity index (χ3n) is 4.42. The molecule has 1 N–H and O–H groups in total. The smallest absolute Gasteiger partial charge is 0.408 e. The van der Waals surface area contributed by atoms with E-state index in [0.717, 1.165) is 11.1 Å². The van der Waals surface area contributed by atoms with Crippen molar-refractivity contribution in [3.05, 3.63) is 71.8 Å². The van der Waals surface area contributed by atoms with Gasteiger partial charge in [-0.3, -0.25) is 9.59 Å². The fourth-order valence-corrected chi connectivity index (χ4v) is 3.10. The van der Waals surface area contributed by atoms with Crippen LogP contribution in [-0.4, -0.2) is 47.7 Å². The highest BCUT2D eigenvalue weighted by molar-refractivity contribution is 5.88. The predicted octanol–water partition coefficient (Wildman–Crippen LogP) is 3.71. The summed E-state index contributed by atoms with van der Waals surface area (Å²) in [5.41, 5.74) is 1.03. The average Bonchev–Trinajstić information content (AvgIpc) is 2.72. The first kappa shape index (κ1) is 24.9. The lowest BCUT2D eigenvalue weighted by Gasteiger charge is -2.28. The van der Waals surface area contributed by atoms with E-state index >= 15 is 0 Å². The first-order chi connectivity index (χ1) is 15.2. The lowest BCUT2D eigenvalue weighted by atomic mass is 10.0. The van der Waals surface area contributed by atoms with Crippen molar-refractivity contribution in [3.63, 3.8) is 0 Å². The minimum Gasteiger partial charge on any atom is -0.465 e. The van der Waals surface area contributed by atoms with Crippen LogP contribution >= 0.6 is 0 Å². The molecule has 172 valence electrons. The number of esters is 1. The number of amides is 2. The van der Waals surface area contributed by atoms with Gasteiger partial charge in [0.05, 0.1) is 6.61 Å². The van der Waals surface area contributed by atoms with Gasteiger partial charge in [0.2, 0.25) is 5.91 Å². The van der Waals surface area contributed by atoms with Crippen LogP contribution in [0, 0.1) is 0 Å². The molecule has 0 bridgehead atoms. The van der Waals surface area contributed by atoms with E-state index in [1.54, 1.807) is 27.7 Å². The Hall–Kier alpha value is -3.35. The highest BCUT2D eigenvalue weighted by Crippen LogP contribution is 2.12. The average molecular weight is 441 g/mol. The molecule has 2 amide bonds. The van der Waals surface area contributed by atoms with Crippen LogP contribution in [-0.2, 0) is 32.0 Å². The fourth-order valence-electron chi connectivity index (χ4n) is 3.10. The molecule has 0 fully saturated rings. The number of nitrogens with zero attached hydrogens (tertiary/aromatic N) is 1. The van der Waals surface area contributed by atoms with Crippen LogP contribution in [0.1, 0.15) is 38.8 Å². The first-order valence-corrected chi connectivity index (χ1v) is 10.7. The SMILES string of the molecule is CCOC(=O)CN(Cc1ccccc1)C(=O)[C@H](Cc1ccccc1)NC(=O)OC(C)(C)C. The van der Waals surface area contributed by atoms with Crippen LogP contribution in [0.3, 0.4) is 0 Å². The zero-order chi connectivity index (χ0) is 23.6. The van der Waals surface area contributed by atoms with Gasteiger partial charge in [0.15, 0.2) is 0 Å². The molecule has 7 nitrogen and oxygen atoms in total. The van der Waals surface area contributed by atoms with Gasteiger partial charge in [-0.2, -0.15) is 0 Å². The molecule has 0 aliphatic carbocycles. The Kier molecular flexibility index (Phi) is 9.25. The van der Waals surface area contributed by atoms with Gasteiger partial charge in [-0.15, -0.1) is 0 Å². The normalized spacial score (nSPS) is 11.9. The lowest BCUT2D eigenvalue weighted by Crippen LogP contribution is -2.51. The van der Waals surface area contributed by atoms with E-state index < -0.39 is 29.6 Å². The van der Waals surface area contributed by atoms with Crippen molar-refractivity contribution in [2.75, 3.05) is 13.2 Å². The van der Waals surface area contributed by atoms with Crippen molar-refractivity contribution in [2.45, 2.75) is 52.3 Å². The van der Waals surface area contributed by atoms with Crippen LogP contribution in [0.5, 0.6) is 0 Å². The van der Waals surface area contributed by atoms with E-state index in [4.69, 9.17) is 9.47 Å². The van der Waals surface area contributed by atoms with E-state index in [1.165, 1.54) is 4.90 Å². The number of rotatable bonds is 9. The summed E-state index contributed by atoms with van der Waals surface area (Å²) in [7, 11) is 0. The van der Waals surface area contributed by atoms with Crippen LogP contribution in [0.4, 0.5) is 4.79 Å². The maximum absolute atomic E-state index is 13.5. The van der Waals surface area contributed by atoms with Crippen LogP contribution < -0.4 is 5.32 Å². The van der Waals surface area contributed by atoms with Gasteiger partial charge >= 0.3 is 12.1 Å². The standard InChI is InChI=1S/C25H32N2O5/c1-5-31-22(28)18-27(17-20-14-10-7-11-15-20)23(29)21(16-19-12-8-6-9-13-19)26-24(30)32-25(2,3)4/h6-15,21H,5,16-18H2,1-4H3,(H,26,30)/t21-/m0/s1. The second kappa shape index (κ2) is 11.9. The van der Waals surface area contributed by atoms with Gasteiger partial charge in [0.25, 0.3) is 0 Å². The molecule has 2 rings (SSSR count). The van der Waals surface area contributed by atoms with Crippen molar-refractivity contribution in [1.29, 1.82) is 0 Å². The zero-order valence-corrected chi connectivity index (χ0v) is 19.2. The number of carbonyl (C=O) groups is 3. The molecule has 0 saturated carbocycles. The number of carbonyl (C=O) groups excluding carboxylic acids is 3. The molecule has 32 heavy (non-hydrogen) atoms. The van der Waals surface area contributed by atoms with Gasteiger partial charge in [0.1, 0.15) is 18.2 Å². The highest BCUT2D eigenvalue weighted by atomic mass is 16.6. The molecule has 0 unspecified atom stereocenters. The van der Waals surface area contributed by atoms with E-state index in [-0.39, 0.29) is 26.1 Å². The molecule has 1 atom stereocenters. The van der Waals surface area contributed by atoms with Gasteiger partial charge in [-0.05, 0) is 38.8 Å². The van der Waals surface area contributed by atoms with Crippen LogP contribution in [0.15, 0.2) is 60.7 Å². The molecule has 2 aromatic rings. The minimum atomic E-state index is -0.912. The largest absolute Gasteiger partial charge is 0.465 e. The van der Waals surface area contributed by atoms with Gasteiger partial charge in [-0.1, -0.05) is 60.7 Å². The number of hydrogen-bond acceptors (Lipinski definition) is 5. The predicted molar refractivity (Wildman–Crippen MR) is 122 cm³/mol. The molecule has 0 radical (unpaired) electrons. The maximum atomic E-state index is 13.5. The van der Waals surface area contributed by atoms with Crippen molar-refractivity contribution in [3.8, 4) is 0 Å². The molecular weight excluding hydrogens is 408 g/mol. The first-order valence-electron chi connectivity index (χ1n) is 10.7.